The molecule has 4 heteroatoms. The van der Waals surface area contributed by atoms with Gasteiger partial charge in [0.2, 0.25) is 0 Å². The minimum atomic E-state index is 0.403. The van der Waals surface area contributed by atoms with Crippen molar-refractivity contribution in [3.05, 3.63) is 29.0 Å². The molecule has 0 bridgehead atoms. The summed E-state index contributed by atoms with van der Waals surface area (Å²) in [5, 5.41) is 4.26. The number of rotatable bonds is 2. The lowest BCUT2D eigenvalue weighted by Gasteiger charge is -2.24. The Kier molecular flexibility index (Phi) is 3.50. The van der Waals surface area contributed by atoms with Crippen molar-refractivity contribution < 1.29 is 0 Å². The van der Waals surface area contributed by atoms with Crippen LogP contribution in [0.4, 0.5) is 0 Å². The van der Waals surface area contributed by atoms with Crippen molar-refractivity contribution in [3.63, 3.8) is 0 Å². The van der Waals surface area contributed by atoms with Crippen LogP contribution < -0.4 is 5.32 Å². The van der Waals surface area contributed by atoms with Gasteiger partial charge in [0.15, 0.2) is 0 Å². The van der Waals surface area contributed by atoms with Gasteiger partial charge in [0.25, 0.3) is 0 Å². The molecule has 1 aromatic heterocycles. The molecule has 0 amide bonds. The summed E-state index contributed by atoms with van der Waals surface area (Å²) in [6, 6.07) is 6.38. The van der Waals surface area contributed by atoms with Crippen molar-refractivity contribution in [2.45, 2.75) is 38.6 Å². The third kappa shape index (κ3) is 2.37. The quantitative estimate of drug-likeness (QED) is 0.906. The number of imidazole rings is 1. The molecule has 0 radical (unpaired) electrons. The molecule has 0 spiro atoms. The standard InChI is InChI=1S/C15H20ClN3/c1-10(2)19-14-8-12(16)5-6-13(14)18-15(19)11-4-3-7-17-9-11/h5-6,8,10-11,17H,3-4,7,9H2,1-2H3. The third-order valence-electron chi connectivity index (χ3n) is 3.86. The first kappa shape index (κ1) is 12.9. The van der Waals surface area contributed by atoms with Crippen LogP contribution >= 0.6 is 11.6 Å². The molecule has 2 aromatic rings. The van der Waals surface area contributed by atoms with Gasteiger partial charge in [0.1, 0.15) is 5.82 Å². The summed E-state index contributed by atoms with van der Waals surface area (Å²) in [4.78, 5) is 4.86. The molecule has 0 aliphatic carbocycles. The molecular formula is C15H20ClN3. The second kappa shape index (κ2) is 5.14. The average molecular weight is 278 g/mol. The van der Waals surface area contributed by atoms with Crippen LogP contribution in [0.3, 0.4) is 0 Å². The van der Waals surface area contributed by atoms with Gasteiger partial charge in [-0.1, -0.05) is 11.6 Å². The zero-order valence-electron chi connectivity index (χ0n) is 11.5. The zero-order valence-corrected chi connectivity index (χ0v) is 12.2. The van der Waals surface area contributed by atoms with Crippen LogP contribution in [-0.4, -0.2) is 22.6 Å². The van der Waals surface area contributed by atoms with Crippen molar-refractivity contribution in [1.82, 2.24) is 14.9 Å². The van der Waals surface area contributed by atoms with E-state index in [1.165, 1.54) is 18.7 Å². The van der Waals surface area contributed by atoms with E-state index >= 15 is 0 Å². The van der Waals surface area contributed by atoms with E-state index in [2.05, 4.69) is 23.7 Å². The first-order chi connectivity index (χ1) is 9.16. The van der Waals surface area contributed by atoms with Crippen LogP contribution in [0.25, 0.3) is 11.0 Å². The Morgan fingerprint density at radius 2 is 2.26 bits per heavy atom. The van der Waals surface area contributed by atoms with E-state index in [0.717, 1.165) is 29.1 Å². The second-order valence-electron chi connectivity index (χ2n) is 5.61. The number of aromatic nitrogens is 2. The van der Waals surface area contributed by atoms with Gasteiger partial charge in [-0.15, -0.1) is 0 Å². The molecule has 2 heterocycles. The van der Waals surface area contributed by atoms with Crippen molar-refractivity contribution >= 4 is 22.6 Å². The van der Waals surface area contributed by atoms with Crippen LogP contribution in [0, 0.1) is 0 Å². The SMILES string of the molecule is CC(C)n1c(C2CCCNC2)nc2ccc(Cl)cc21. The fourth-order valence-electron chi connectivity index (χ4n) is 2.99. The molecule has 1 fully saturated rings. The number of benzene rings is 1. The number of hydrogen-bond donors (Lipinski definition) is 1. The molecule has 1 aromatic carbocycles. The summed E-state index contributed by atoms with van der Waals surface area (Å²) in [7, 11) is 0. The molecule has 1 N–H and O–H groups in total. The van der Waals surface area contributed by atoms with Crippen molar-refractivity contribution in [2.24, 2.45) is 0 Å². The Balaban J connectivity index is 2.14. The van der Waals surface area contributed by atoms with Crippen LogP contribution in [0.1, 0.15) is 44.5 Å². The van der Waals surface area contributed by atoms with E-state index < -0.39 is 0 Å². The Morgan fingerprint density at radius 1 is 1.42 bits per heavy atom. The van der Waals surface area contributed by atoms with E-state index in [9.17, 15) is 0 Å². The molecule has 1 unspecified atom stereocenters. The normalized spacial score (nSPS) is 20.3. The maximum Gasteiger partial charge on any atom is 0.114 e. The Labute approximate surface area is 119 Å². The molecule has 0 saturated carbocycles. The molecule has 19 heavy (non-hydrogen) atoms. The maximum atomic E-state index is 6.14. The molecule has 102 valence electrons. The summed E-state index contributed by atoms with van der Waals surface area (Å²) >= 11 is 6.14. The van der Waals surface area contributed by atoms with Gasteiger partial charge in [0.05, 0.1) is 11.0 Å². The summed E-state index contributed by atoms with van der Waals surface area (Å²) in [5.74, 6) is 1.72. The zero-order chi connectivity index (χ0) is 13.4. The highest BCUT2D eigenvalue weighted by molar-refractivity contribution is 6.31. The van der Waals surface area contributed by atoms with E-state index in [4.69, 9.17) is 16.6 Å². The number of halogens is 1. The average Bonchev–Trinajstić information content (AvgIpc) is 2.78. The van der Waals surface area contributed by atoms with Gasteiger partial charge in [0, 0.05) is 23.5 Å². The van der Waals surface area contributed by atoms with Gasteiger partial charge >= 0.3 is 0 Å². The Bertz CT molecular complexity index is 582. The summed E-state index contributed by atoms with van der Waals surface area (Å²) in [6.45, 7) is 6.58. The van der Waals surface area contributed by atoms with Gasteiger partial charge < -0.3 is 9.88 Å². The van der Waals surface area contributed by atoms with E-state index in [1.807, 2.05) is 18.2 Å². The van der Waals surface area contributed by atoms with Crippen molar-refractivity contribution in [3.8, 4) is 0 Å². The van der Waals surface area contributed by atoms with E-state index in [0.29, 0.717) is 12.0 Å². The molecular weight excluding hydrogens is 258 g/mol. The number of hydrogen-bond acceptors (Lipinski definition) is 2. The highest BCUT2D eigenvalue weighted by Crippen LogP contribution is 2.30. The van der Waals surface area contributed by atoms with Gasteiger partial charge in [-0.2, -0.15) is 0 Å². The summed E-state index contributed by atoms with van der Waals surface area (Å²) in [6.07, 6.45) is 2.45. The molecule has 1 saturated heterocycles. The van der Waals surface area contributed by atoms with Crippen molar-refractivity contribution in [2.75, 3.05) is 13.1 Å². The van der Waals surface area contributed by atoms with Crippen LogP contribution in [0.15, 0.2) is 18.2 Å². The van der Waals surface area contributed by atoms with E-state index in [-0.39, 0.29) is 0 Å². The molecule has 3 rings (SSSR count). The first-order valence-corrected chi connectivity index (χ1v) is 7.42. The summed E-state index contributed by atoms with van der Waals surface area (Å²) < 4.78 is 2.35. The third-order valence-corrected chi connectivity index (χ3v) is 4.09. The number of fused-ring (bicyclic) bond motifs is 1. The maximum absolute atomic E-state index is 6.14. The second-order valence-corrected chi connectivity index (χ2v) is 6.05. The molecule has 1 aliphatic heterocycles. The molecule has 3 nitrogen and oxygen atoms in total. The fraction of sp³-hybridized carbons (Fsp3) is 0.533. The highest BCUT2D eigenvalue weighted by atomic mass is 35.5. The predicted octanol–water partition coefficient (Wildman–Crippen LogP) is 3.74. The monoisotopic (exact) mass is 277 g/mol. The fourth-order valence-corrected chi connectivity index (χ4v) is 3.15. The molecule has 1 atom stereocenters. The predicted molar refractivity (Wildman–Crippen MR) is 80.0 cm³/mol. The number of piperidine rings is 1. The van der Waals surface area contributed by atoms with Gasteiger partial charge in [-0.25, -0.2) is 4.98 Å². The minimum Gasteiger partial charge on any atom is -0.325 e. The lowest BCUT2D eigenvalue weighted by Crippen LogP contribution is -2.30. The Hall–Kier alpha value is -1.06. The first-order valence-electron chi connectivity index (χ1n) is 7.05. The van der Waals surface area contributed by atoms with Crippen LogP contribution in [0.2, 0.25) is 5.02 Å². The highest BCUT2D eigenvalue weighted by Gasteiger charge is 2.23. The van der Waals surface area contributed by atoms with Gasteiger partial charge in [-0.3, -0.25) is 0 Å². The van der Waals surface area contributed by atoms with E-state index in [1.54, 1.807) is 0 Å². The lowest BCUT2D eigenvalue weighted by atomic mass is 9.98. The number of nitrogens with one attached hydrogen (secondary N) is 1. The minimum absolute atomic E-state index is 0.403. The Morgan fingerprint density at radius 3 is 2.95 bits per heavy atom. The van der Waals surface area contributed by atoms with Gasteiger partial charge in [-0.05, 0) is 51.4 Å². The molecule has 1 aliphatic rings. The number of nitrogens with zero attached hydrogens (tertiary/aromatic N) is 2. The lowest BCUT2D eigenvalue weighted by molar-refractivity contribution is 0.425. The smallest absolute Gasteiger partial charge is 0.114 e. The van der Waals surface area contributed by atoms with Crippen LogP contribution in [-0.2, 0) is 0 Å². The topological polar surface area (TPSA) is 29.9 Å². The largest absolute Gasteiger partial charge is 0.325 e. The summed E-state index contributed by atoms with van der Waals surface area (Å²) in [5.41, 5.74) is 2.21. The van der Waals surface area contributed by atoms with Crippen LogP contribution in [0.5, 0.6) is 0 Å². The van der Waals surface area contributed by atoms with Crippen molar-refractivity contribution in [1.29, 1.82) is 0 Å².